The number of aliphatic hydroxyl groups excluding tert-OH is 1. The SMILES string of the molecule is CCOc1cccc(C(O)c2cc(Br)c(Br)s2)c1. The molecule has 0 spiro atoms. The quantitative estimate of drug-likeness (QED) is 0.814. The molecule has 1 aromatic carbocycles. The van der Waals surface area contributed by atoms with Crippen molar-refractivity contribution in [3.63, 3.8) is 0 Å². The summed E-state index contributed by atoms with van der Waals surface area (Å²) >= 11 is 8.37. The molecule has 1 N–H and O–H groups in total. The number of halogens is 2. The third-order valence-corrected chi connectivity index (χ3v) is 5.73. The molecule has 2 nitrogen and oxygen atoms in total. The maximum atomic E-state index is 10.3. The van der Waals surface area contributed by atoms with Crippen LogP contribution in [-0.2, 0) is 0 Å². The second-order valence-corrected chi connectivity index (χ2v) is 6.93. The topological polar surface area (TPSA) is 29.5 Å². The van der Waals surface area contributed by atoms with Crippen LogP contribution in [0.25, 0.3) is 0 Å². The number of rotatable bonds is 4. The number of hydrogen-bond donors (Lipinski definition) is 1. The summed E-state index contributed by atoms with van der Waals surface area (Å²) in [5.41, 5.74) is 0.835. The van der Waals surface area contributed by atoms with E-state index in [1.807, 2.05) is 37.3 Å². The maximum absolute atomic E-state index is 10.3. The van der Waals surface area contributed by atoms with Crippen LogP contribution < -0.4 is 4.74 Å². The number of thiophene rings is 1. The summed E-state index contributed by atoms with van der Waals surface area (Å²) in [5.74, 6) is 0.781. The number of hydrogen-bond acceptors (Lipinski definition) is 3. The molecule has 0 radical (unpaired) electrons. The number of benzene rings is 1. The molecular formula is C13H12Br2O2S. The van der Waals surface area contributed by atoms with Crippen LogP contribution in [0, 0.1) is 0 Å². The van der Waals surface area contributed by atoms with Crippen LogP contribution in [0.3, 0.4) is 0 Å². The van der Waals surface area contributed by atoms with Gasteiger partial charge in [0.1, 0.15) is 11.9 Å². The highest BCUT2D eigenvalue weighted by Crippen LogP contribution is 2.37. The fraction of sp³-hybridized carbons (Fsp3) is 0.231. The van der Waals surface area contributed by atoms with Crippen LogP contribution in [0.1, 0.15) is 23.5 Å². The van der Waals surface area contributed by atoms with Crippen LogP contribution in [0.2, 0.25) is 0 Å². The molecular weight excluding hydrogens is 380 g/mol. The normalized spacial score (nSPS) is 12.4. The molecule has 1 atom stereocenters. The van der Waals surface area contributed by atoms with Crippen molar-refractivity contribution in [2.45, 2.75) is 13.0 Å². The highest BCUT2D eigenvalue weighted by Gasteiger charge is 2.15. The van der Waals surface area contributed by atoms with Crippen LogP contribution in [0.15, 0.2) is 38.6 Å². The van der Waals surface area contributed by atoms with Crippen molar-refractivity contribution >= 4 is 43.2 Å². The maximum Gasteiger partial charge on any atom is 0.119 e. The van der Waals surface area contributed by atoms with Crippen LogP contribution >= 0.6 is 43.2 Å². The zero-order valence-electron chi connectivity index (χ0n) is 9.69. The Morgan fingerprint density at radius 1 is 1.33 bits per heavy atom. The predicted octanol–water partition coefficient (Wildman–Crippen LogP) is 4.75. The van der Waals surface area contributed by atoms with Crippen LogP contribution in [0.4, 0.5) is 0 Å². The van der Waals surface area contributed by atoms with Gasteiger partial charge in [-0.2, -0.15) is 0 Å². The van der Waals surface area contributed by atoms with E-state index < -0.39 is 6.10 Å². The minimum Gasteiger partial charge on any atom is -0.494 e. The lowest BCUT2D eigenvalue weighted by molar-refractivity contribution is 0.223. The first-order valence-corrected chi connectivity index (χ1v) is 7.87. The molecule has 1 aromatic heterocycles. The lowest BCUT2D eigenvalue weighted by Crippen LogP contribution is -1.98. The predicted molar refractivity (Wildman–Crippen MR) is 81.4 cm³/mol. The summed E-state index contributed by atoms with van der Waals surface area (Å²) in [7, 11) is 0. The van der Waals surface area contributed by atoms with Crippen molar-refractivity contribution in [2.75, 3.05) is 6.61 Å². The first kappa shape index (κ1) is 14.1. The van der Waals surface area contributed by atoms with Gasteiger partial charge >= 0.3 is 0 Å². The molecule has 0 amide bonds. The average Bonchev–Trinajstić information content (AvgIpc) is 2.69. The van der Waals surface area contributed by atoms with E-state index in [1.54, 1.807) is 0 Å². The van der Waals surface area contributed by atoms with Crippen LogP contribution in [-0.4, -0.2) is 11.7 Å². The molecule has 5 heteroatoms. The fourth-order valence-electron chi connectivity index (χ4n) is 1.60. The fourth-order valence-corrected chi connectivity index (χ4v) is 3.71. The highest BCUT2D eigenvalue weighted by molar-refractivity contribution is 9.13. The smallest absolute Gasteiger partial charge is 0.119 e. The minimum absolute atomic E-state index is 0.621. The molecule has 2 rings (SSSR count). The Bertz CT molecular complexity index is 520. The van der Waals surface area contributed by atoms with Crippen molar-refractivity contribution in [2.24, 2.45) is 0 Å². The van der Waals surface area contributed by atoms with Gasteiger partial charge in [0.15, 0.2) is 0 Å². The van der Waals surface area contributed by atoms with Gasteiger partial charge in [0, 0.05) is 9.35 Å². The lowest BCUT2D eigenvalue weighted by atomic mass is 10.1. The van der Waals surface area contributed by atoms with Gasteiger partial charge in [0.2, 0.25) is 0 Å². The molecule has 18 heavy (non-hydrogen) atoms. The Morgan fingerprint density at radius 2 is 2.11 bits per heavy atom. The van der Waals surface area contributed by atoms with Crippen molar-refractivity contribution < 1.29 is 9.84 Å². The standard InChI is InChI=1S/C13H12Br2O2S/c1-2-17-9-5-3-4-8(6-9)12(16)11-7-10(14)13(15)18-11/h3-7,12,16H,2H2,1H3. The van der Waals surface area contributed by atoms with E-state index in [4.69, 9.17) is 4.74 Å². The highest BCUT2D eigenvalue weighted by atomic mass is 79.9. The molecule has 0 saturated heterocycles. The summed E-state index contributed by atoms with van der Waals surface area (Å²) in [6, 6.07) is 9.47. The van der Waals surface area contributed by atoms with E-state index in [1.165, 1.54) is 11.3 Å². The molecule has 1 heterocycles. The van der Waals surface area contributed by atoms with E-state index in [9.17, 15) is 5.11 Å². The van der Waals surface area contributed by atoms with Gasteiger partial charge in [0.25, 0.3) is 0 Å². The first-order chi connectivity index (χ1) is 8.61. The van der Waals surface area contributed by atoms with E-state index in [2.05, 4.69) is 31.9 Å². The van der Waals surface area contributed by atoms with Crippen molar-refractivity contribution in [3.05, 3.63) is 49.0 Å². The molecule has 2 aromatic rings. The van der Waals surface area contributed by atoms with Gasteiger partial charge in [-0.1, -0.05) is 12.1 Å². The minimum atomic E-state index is -0.627. The Hall–Kier alpha value is -0.360. The Balaban J connectivity index is 2.27. The molecule has 96 valence electrons. The molecule has 0 aliphatic carbocycles. The van der Waals surface area contributed by atoms with E-state index >= 15 is 0 Å². The molecule has 0 bridgehead atoms. The van der Waals surface area contributed by atoms with Gasteiger partial charge in [-0.15, -0.1) is 11.3 Å². The Morgan fingerprint density at radius 3 is 2.72 bits per heavy atom. The van der Waals surface area contributed by atoms with Crippen molar-refractivity contribution in [1.82, 2.24) is 0 Å². The number of aliphatic hydroxyl groups is 1. The molecule has 0 fully saturated rings. The van der Waals surface area contributed by atoms with Crippen molar-refractivity contribution in [3.8, 4) is 5.75 Å². The van der Waals surface area contributed by atoms with Gasteiger partial charge in [-0.25, -0.2) is 0 Å². The van der Waals surface area contributed by atoms with E-state index in [0.29, 0.717) is 6.61 Å². The van der Waals surface area contributed by atoms with Gasteiger partial charge in [-0.3, -0.25) is 0 Å². The molecule has 0 saturated carbocycles. The zero-order valence-corrected chi connectivity index (χ0v) is 13.7. The summed E-state index contributed by atoms with van der Waals surface area (Å²) in [4.78, 5) is 0.891. The molecule has 0 aliphatic rings. The van der Waals surface area contributed by atoms with Crippen LogP contribution in [0.5, 0.6) is 5.75 Å². The number of ether oxygens (including phenoxy) is 1. The van der Waals surface area contributed by atoms with Gasteiger partial charge < -0.3 is 9.84 Å². The Labute approximate surface area is 127 Å². The first-order valence-electron chi connectivity index (χ1n) is 5.47. The summed E-state index contributed by atoms with van der Waals surface area (Å²) in [5, 5.41) is 10.3. The van der Waals surface area contributed by atoms with E-state index in [0.717, 1.165) is 24.4 Å². The average molecular weight is 392 g/mol. The van der Waals surface area contributed by atoms with E-state index in [-0.39, 0.29) is 0 Å². The Kier molecular flexibility index (Phi) is 4.84. The monoisotopic (exact) mass is 390 g/mol. The largest absolute Gasteiger partial charge is 0.494 e. The second kappa shape index (κ2) is 6.19. The summed E-state index contributed by atoms with van der Waals surface area (Å²) < 4.78 is 7.38. The third-order valence-electron chi connectivity index (χ3n) is 2.42. The molecule has 1 unspecified atom stereocenters. The summed E-state index contributed by atoms with van der Waals surface area (Å²) in [6.45, 7) is 2.56. The van der Waals surface area contributed by atoms with Crippen molar-refractivity contribution in [1.29, 1.82) is 0 Å². The molecule has 0 aliphatic heterocycles. The zero-order chi connectivity index (χ0) is 13.1. The van der Waals surface area contributed by atoms with Gasteiger partial charge in [-0.05, 0) is 62.5 Å². The summed E-state index contributed by atoms with van der Waals surface area (Å²) in [6.07, 6.45) is -0.627. The lowest BCUT2D eigenvalue weighted by Gasteiger charge is -2.10. The third kappa shape index (κ3) is 3.15. The second-order valence-electron chi connectivity index (χ2n) is 3.68. The van der Waals surface area contributed by atoms with Gasteiger partial charge in [0.05, 0.1) is 10.4 Å².